The largest absolute Gasteiger partial charge is 0.495 e. The van der Waals surface area contributed by atoms with E-state index in [1.807, 2.05) is 54.6 Å². The normalized spacial score (nSPS) is 17.4. The van der Waals surface area contributed by atoms with E-state index in [-0.39, 0.29) is 53.1 Å². The number of carbonyl (C=O) groups is 3. The summed E-state index contributed by atoms with van der Waals surface area (Å²) in [6.45, 7) is 1.85. The van der Waals surface area contributed by atoms with E-state index >= 15 is 13.2 Å². The van der Waals surface area contributed by atoms with Gasteiger partial charge in [-0.1, -0.05) is 67.4 Å². The Hall–Kier alpha value is -5.90. The highest BCUT2D eigenvalue weighted by Gasteiger charge is 2.49. The molecule has 0 bridgehead atoms. The Bertz CT molecular complexity index is 2110. The summed E-state index contributed by atoms with van der Waals surface area (Å²) >= 11 is 0. The van der Waals surface area contributed by atoms with E-state index in [0.717, 1.165) is 40.5 Å². The molecule has 0 atom stereocenters. The molecule has 3 heterocycles. The molecule has 3 aliphatic rings. The van der Waals surface area contributed by atoms with Gasteiger partial charge in [-0.25, -0.2) is 14.2 Å². The molecule has 4 aromatic rings. The van der Waals surface area contributed by atoms with Crippen molar-refractivity contribution in [3.05, 3.63) is 101 Å². The van der Waals surface area contributed by atoms with E-state index in [0.29, 0.717) is 51.9 Å². The summed E-state index contributed by atoms with van der Waals surface area (Å²) in [5.74, 6) is -6.03. The van der Waals surface area contributed by atoms with Crippen molar-refractivity contribution in [2.75, 3.05) is 48.9 Å². The Morgan fingerprint density at radius 3 is 2.41 bits per heavy atom. The van der Waals surface area contributed by atoms with E-state index in [1.165, 1.54) is 31.3 Å². The number of benzene rings is 3. The number of hydrogen-bond donors (Lipinski definition) is 3. The standard InChI is InChI=1S/C42H47F3N8O5/c1-51-35-23-46-40(50-37(35)53(31-13-6-7-14-31)26-42(44,45)39(51)55)49-34-21-33(43)32(20-36(34)57-2)38(54)48-30-15-17-52(18-16-30)24-29-12-8-11-28(19-29)22-47-41(56)58-25-27-9-4-3-5-10-27/h3-5,8-12,19-21,23,30-31H,6-7,13-18,22,24-26H2,1-2H3,(H,47,56)(H,48,54)(H,46,49,50). The SMILES string of the molecule is COc1cc(C(=O)NC2CCN(Cc3cccc(CNC(=O)OCc4ccccc4)c3)CC2)c(F)cc1Nc1ncc2c(n1)N(C1CCCC1)CC(F)(F)C(=O)N2C. The summed E-state index contributed by atoms with van der Waals surface area (Å²) in [7, 11) is 2.65. The van der Waals surface area contributed by atoms with Crippen molar-refractivity contribution >= 4 is 41.0 Å². The van der Waals surface area contributed by atoms with Crippen LogP contribution in [0.3, 0.4) is 0 Å². The van der Waals surface area contributed by atoms with E-state index in [1.54, 1.807) is 0 Å². The number of aromatic nitrogens is 2. The zero-order chi connectivity index (χ0) is 40.8. The van der Waals surface area contributed by atoms with Crippen LogP contribution in [0.15, 0.2) is 72.9 Å². The van der Waals surface area contributed by atoms with Gasteiger partial charge in [0.25, 0.3) is 11.8 Å². The number of carbonyl (C=O) groups excluding carboxylic acids is 3. The maximum Gasteiger partial charge on any atom is 0.407 e. The lowest BCUT2D eigenvalue weighted by molar-refractivity contribution is -0.140. The average Bonchev–Trinajstić information content (AvgIpc) is 3.75. The zero-order valence-electron chi connectivity index (χ0n) is 32.5. The fourth-order valence-corrected chi connectivity index (χ4v) is 7.76. The number of nitrogens with one attached hydrogen (secondary N) is 3. The number of piperidine rings is 1. The smallest absolute Gasteiger partial charge is 0.407 e. The van der Waals surface area contributed by atoms with Gasteiger partial charge in [0, 0.05) is 51.4 Å². The maximum atomic E-state index is 15.6. The van der Waals surface area contributed by atoms with Gasteiger partial charge in [0.2, 0.25) is 5.95 Å². The van der Waals surface area contributed by atoms with Crippen LogP contribution < -0.4 is 30.5 Å². The van der Waals surface area contributed by atoms with Crippen molar-refractivity contribution in [3.63, 3.8) is 0 Å². The number of fused-ring (bicyclic) bond motifs is 1. The third-order valence-electron chi connectivity index (χ3n) is 10.9. The summed E-state index contributed by atoms with van der Waals surface area (Å²) < 4.78 is 56.5. The minimum Gasteiger partial charge on any atom is -0.495 e. The van der Waals surface area contributed by atoms with Crippen LogP contribution in [-0.2, 0) is 29.2 Å². The van der Waals surface area contributed by atoms with Crippen molar-refractivity contribution < 1.29 is 37.0 Å². The zero-order valence-corrected chi connectivity index (χ0v) is 32.5. The van der Waals surface area contributed by atoms with Crippen LogP contribution in [0.5, 0.6) is 5.75 Å². The lowest BCUT2D eigenvalue weighted by Crippen LogP contribution is -2.48. The van der Waals surface area contributed by atoms with Crippen LogP contribution >= 0.6 is 0 Å². The Kier molecular flexibility index (Phi) is 12.3. The number of amides is 3. The fourth-order valence-electron chi connectivity index (χ4n) is 7.76. The van der Waals surface area contributed by atoms with Gasteiger partial charge in [0.1, 0.15) is 23.9 Å². The topological polar surface area (TPSA) is 141 Å². The van der Waals surface area contributed by atoms with Crippen LogP contribution in [0.1, 0.15) is 65.6 Å². The van der Waals surface area contributed by atoms with E-state index in [4.69, 9.17) is 9.47 Å². The molecule has 1 aliphatic carbocycles. The Labute approximate surface area is 334 Å². The summed E-state index contributed by atoms with van der Waals surface area (Å²) in [4.78, 5) is 51.7. The molecule has 2 aliphatic heterocycles. The molecule has 0 radical (unpaired) electrons. The van der Waals surface area contributed by atoms with E-state index < -0.39 is 36.2 Å². The molecule has 306 valence electrons. The molecule has 3 aromatic carbocycles. The second-order valence-electron chi connectivity index (χ2n) is 15.0. The molecule has 16 heteroatoms. The van der Waals surface area contributed by atoms with Crippen LogP contribution in [0.25, 0.3) is 0 Å². The van der Waals surface area contributed by atoms with Crippen LogP contribution in [-0.4, -0.2) is 84.6 Å². The molecular formula is C42H47F3N8O5. The van der Waals surface area contributed by atoms with Crippen LogP contribution in [0, 0.1) is 5.82 Å². The highest BCUT2D eigenvalue weighted by atomic mass is 19.3. The Morgan fingerprint density at radius 2 is 1.67 bits per heavy atom. The molecule has 58 heavy (non-hydrogen) atoms. The summed E-state index contributed by atoms with van der Waals surface area (Å²) in [5.41, 5.74) is 3.03. The summed E-state index contributed by atoms with van der Waals surface area (Å²) in [6.07, 6.45) is 5.27. The minimum atomic E-state index is -3.62. The number of alkyl carbamates (subject to hydrolysis) is 1. The predicted octanol–water partition coefficient (Wildman–Crippen LogP) is 6.55. The lowest BCUT2D eigenvalue weighted by Gasteiger charge is -2.32. The first-order valence-corrected chi connectivity index (χ1v) is 19.5. The fraction of sp³-hybridized carbons (Fsp3) is 0.405. The lowest BCUT2D eigenvalue weighted by atomic mass is 10.0. The number of hydrogen-bond acceptors (Lipinski definition) is 10. The molecular weight excluding hydrogens is 754 g/mol. The quantitative estimate of drug-likeness (QED) is 0.145. The van der Waals surface area contributed by atoms with Gasteiger partial charge in [-0.2, -0.15) is 13.8 Å². The van der Waals surface area contributed by atoms with Gasteiger partial charge in [-0.3, -0.25) is 14.5 Å². The average molecular weight is 801 g/mol. The molecule has 13 nitrogen and oxygen atoms in total. The highest BCUT2D eigenvalue weighted by molar-refractivity contribution is 6.02. The maximum absolute atomic E-state index is 15.6. The number of methoxy groups -OCH3 is 1. The monoisotopic (exact) mass is 800 g/mol. The molecule has 3 amide bonds. The summed E-state index contributed by atoms with van der Waals surface area (Å²) in [5, 5.41) is 8.69. The Morgan fingerprint density at radius 1 is 0.948 bits per heavy atom. The van der Waals surface area contributed by atoms with Gasteiger partial charge in [0.05, 0.1) is 31.1 Å². The first-order valence-electron chi connectivity index (χ1n) is 19.5. The van der Waals surface area contributed by atoms with Crippen molar-refractivity contribution in [1.82, 2.24) is 25.5 Å². The molecule has 0 unspecified atom stereocenters. The first kappa shape index (κ1) is 40.3. The van der Waals surface area contributed by atoms with Gasteiger partial charge in [-0.15, -0.1) is 0 Å². The van der Waals surface area contributed by atoms with Crippen LogP contribution in [0.4, 0.5) is 41.1 Å². The van der Waals surface area contributed by atoms with E-state index in [2.05, 4.69) is 30.8 Å². The first-order chi connectivity index (χ1) is 28.0. The van der Waals surface area contributed by atoms with Crippen LogP contribution in [0.2, 0.25) is 0 Å². The molecule has 2 fully saturated rings. The predicted molar refractivity (Wildman–Crippen MR) is 212 cm³/mol. The number of ether oxygens (including phenoxy) is 2. The summed E-state index contributed by atoms with van der Waals surface area (Å²) in [6, 6.07) is 19.5. The third kappa shape index (κ3) is 9.44. The number of likely N-dealkylation sites (tertiary alicyclic amines) is 1. The second-order valence-corrected chi connectivity index (χ2v) is 15.0. The van der Waals surface area contributed by atoms with Gasteiger partial charge in [-0.05, 0) is 48.4 Å². The number of nitrogens with zero attached hydrogens (tertiary/aromatic N) is 5. The number of halogens is 3. The van der Waals surface area contributed by atoms with Crippen molar-refractivity contribution in [3.8, 4) is 5.75 Å². The third-order valence-corrected chi connectivity index (χ3v) is 10.9. The van der Waals surface area contributed by atoms with Crippen molar-refractivity contribution in [1.29, 1.82) is 0 Å². The number of anilines is 4. The molecule has 3 N–H and O–H groups in total. The van der Waals surface area contributed by atoms with Gasteiger partial charge < -0.3 is 35.2 Å². The number of alkyl halides is 2. The second kappa shape index (κ2) is 17.7. The Balaban J connectivity index is 0.935. The van der Waals surface area contributed by atoms with Crippen molar-refractivity contribution in [2.24, 2.45) is 0 Å². The number of rotatable bonds is 12. The molecule has 1 aromatic heterocycles. The molecule has 0 spiro atoms. The van der Waals surface area contributed by atoms with Crippen molar-refractivity contribution in [2.45, 2.75) is 76.2 Å². The minimum absolute atomic E-state index is 0.0166. The molecule has 7 rings (SSSR count). The van der Waals surface area contributed by atoms with E-state index in [9.17, 15) is 14.4 Å². The molecule has 1 saturated carbocycles. The molecule has 1 saturated heterocycles. The van der Waals surface area contributed by atoms with Gasteiger partial charge in [0.15, 0.2) is 5.82 Å². The highest BCUT2D eigenvalue weighted by Crippen LogP contribution is 2.40. The van der Waals surface area contributed by atoms with Gasteiger partial charge >= 0.3 is 12.0 Å².